The minimum atomic E-state index is 0.573. The van der Waals surface area contributed by atoms with Crippen molar-refractivity contribution < 1.29 is 0 Å². The molecule has 0 bridgehead atoms. The largest absolute Gasteiger partial charge is 0.309 e. The molecular weight excluding hydrogens is 659 g/mol. The van der Waals surface area contributed by atoms with Gasteiger partial charge >= 0.3 is 0 Å². The second-order valence-corrected chi connectivity index (χ2v) is 13.7. The Hall–Kier alpha value is -7.37. The van der Waals surface area contributed by atoms with Crippen molar-refractivity contribution in [2.24, 2.45) is 0 Å². The molecule has 0 radical (unpaired) electrons. The van der Waals surface area contributed by atoms with Gasteiger partial charge in [0.15, 0.2) is 11.6 Å². The van der Waals surface area contributed by atoms with Crippen molar-refractivity contribution in [3.8, 4) is 45.5 Å². The quantitative estimate of drug-likeness (QED) is 0.181. The number of aromatic nitrogens is 5. The monoisotopic (exact) mass is 689 g/mol. The van der Waals surface area contributed by atoms with Gasteiger partial charge in [0.25, 0.3) is 0 Å². The summed E-state index contributed by atoms with van der Waals surface area (Å²) < 4.78 is 4.63. The molecule has 0 spiro atoms. The molecule has 0 aliphatic heterocycles. The fourth-order valence-electron chi connectivity index (χ4n) is 8.06. The van der Waals surface area contributed by atoms with E-state index in [1.165, 1.54) is 32.6 Å². The third kappa shape index (κ3) is 4.76. The molecule has 0 atom stereocenters. The highest BCUT2D eigenvalue weighted by Crippen LogP contribution is 2.40. The number of benzene rings is 8. The Labute approximate surface area is 311 Å². The van der Waals surface area contributed by atoms with Crippen molar-refractivity contribution >= 4 is 54.4 Å². The molecule has 3 heterocycles. The summed E-state index contributed by atoms with van der Waals surface area (Å²) in [6.07, 6.45) is 0. The summed E-state index contributed by atoms with van der Waals surface area (Å²) in [4.78, 5) is 15.5. The normalized spacial score (nSPS) is 11.7. The third-order valence-electron chi connectivity index (χ3n) is 10.6. The van der Waals surface area contributed by atoms with Gasteiger partial charge in [0.2, 0.25) is 5.95 Å². The molecule has 11 aromatic rings. The Morgan fingerprint density at radius 2 is 0.778 bits per heavy atom. The van der Waals surface area contributed by atoms with Crippen molar-refractivity contribution in [1.29, 1.82) is 0 Å². The lowest BCUT2D eigenvalue weighted by Gasteiger charge is -2.13. The summed E-state index contributed by atoms with van der Waals surface area (Å²) >= 11 is 0. The summed E-state index contributed by atoms with van der Waals surface area (Å²) in [6, 6.07) is 66.2. The Morgan fingerprint density at radius 3 is 1.46 bits per heavy atom. The zero-order valence-electron chi connectivity index (χ0n) is 29.1. The molecule has 3 aromatic heterocycles. The SMILES string of the molecule is c1ccc(-c2ccc(-c3nc(-c4ccccc4)nc(-n4c5ccccc5c5cc6c7ccccc7n(-c7cccc8ccccc78)c6cc54)n3)cc2)cc1. The zero-order chi connectivity index (χ0) is 35.6. The number of fused-ring (bicyclic) bond motifs is 7. The van der Waals surface area contributed by atoms with Crippen LogP contribution in [-0.2, 0) is 0 Å². The minimum Gasteiger partial charge on any atom is -0.309 e. The second-order valence-electron chi connectivity index (χ2n) is 13.7. The van der Waals surface area contributed by atoms with Crippen LogP contribution < -0.4 is 0 Å². The molecule has 5 nitrogen and oxygen atoms in total. The van der Waals surface area contributed by atoms with E-state index in [0.29, 0.717) is 17.6 Å². The highest BCUT2D eigenvalue weighted by Gasteiger charge is 2.21. The van der Waals surface area contributed by atoms with E-state index in [1.54, 1.807) is 0 Å². The van der Waals surface area contributed by atoms with Gasteiger partial charge in [-0.1, -0.05) is 158 Å². The fourth-order valence-corrected chi connectivity index (χ4v) is 8.06. The first-order chi connectivity index (χ1) is 26.8. The molecule has 0 amide bonds. The molecule has 8 aromatic carbocycles. The van der Waals surface area contributed by atoms with Crippen molar-refractivity contribution in [3.05, 3.63) is 188 Å². The molecule has 54 heavy (non-hydrogen) atoms. The lowest BCUT2D eigenvalue weighted by atomic mass is 10.0. The Morgan fingerprint density at radius 1 is 0.296 bits per heavy atom. The maximum Gasteiger partial charge on any atom is 0.238 e. The van der Waals surface area contributed by atoms with Gasteiger partial charge in [-0.15, -0.1) is 0 Å². The van der Waals surface area contributed by atoms with Crippen molar-refractivity contribution in [2.45, 2.75) is 0 Å². The van der Waals surface area contributed by atoms with Gasteiger partial charge < -0.3 is 4.57 Å². The van der Waals surface area contributed by atoms with Crippen LogP contribution in [0.4, 0.5) is 0 Å². The summed E-state index contributed by atoms with van der Waals surface area (Å²) in [5.41, 5.74) is 9.68. The fraction of sp³-hybridized carbons (Fsp3) is 0. The smallest absolute Gasteiger partial charge is 0.238 e. The lowest BCUT2D eigenvalue weighted by Crippen LogP contribution is -2.06. The standard InChI is InChI=1S/C49H31N5/c1-3-14-32(15-4-1)33-26-28-36(29-27-33)48-50-47(35-17-5-2-6-18-35)51-49(52-48)54-44-24-12-10-22-39(44)41-30-40-38-21-9-11-23-43(38)53(45(40)31-46(41)54)42-25-13-19-34-16-7-8-20-37(34)42/h1-31H. The Bertz CT molecular complexity index is 3190. The van der Waals surface area contributed by atoms with Gasteiger partial charge in [0, 0.05) is 38.1 Å². The van der Waals surface area contributed by atoms with Crippen LogP contribution in [-0.4, -0.2) is 24.1 Å². The summed E-state index contributed by atoms with van der Waals surface area (Å²) in [5, 5.41) is 7.12. The maximum atomic E-state index is 5.25. The van der Waals surface area contributed by atoms with Crippen molar-refractivity contribution in [2.75, 3.05) is 0 Å². The van der Waals surface area contributed by atoms with E-state index in [1.807, 2.05) is 24.3 Å². The van der Waals surface area contributed by atoms with Crippen molar-refractivity contribution in [3.63, 3.8) is 0 Å². The summed E-state index contributed by atoms with van der Waals surface area (Å²) in [7, 11) is 0. The van der Waals surface area contributed by atoms with Gasteiger partial charge in [-0.05, 0) is 46.8 Å². The average Bonchev–Trinajstić information content (AvgIpc) is 3.75. The minimum absolute atomic E-state index is 0.573. The molecular formula is C49H31N5. The molecule has 0 saturated carbocycles. The van der Waals surface area contributed by atoms with E-state index in [9.17, 15) is 0 Å². The molecule has 252 valence electrons. The summed E-state index contributed by atoms with van der Waals surface area (Å²) in [5.74, 6) is 1.82. The van der Waals surface area contributed by atoms with Crippen LogP contribution >= 0.6 is 0 Å². The van der Waals surface area contributed by atoms with E-state index < -0.39 is 0 Å². The molecule has 0 fully saturated rings. The summed E-state index contributed by atoms with van der Waals surface area (Å²) in [6.45, 7) is 0. The predicted octanol–water partition coefficient (Wildman–Crippen LogP) is 12.2. The molecule has 0 unspecified atom stereocenters. The predicted molar refractivity (Wildman–Crippen MR) is 222 cm³/mol. The topological polar surface area (TPSA) is 48.5 Å². The van der Waals surface area contributed by atoms with Gasteiger partial charge in [-0.2, -0.15) is 9.97 Å². The second kappa shape index (κ2) is 12.1. The van der Waals surface area contributed by atoms with E-state index >= 15 is 0 Å². The molecule has 0 saturated heterocycles. The van der Waals surface area contributed by atoms with E-state index in [4.69, 9.17) is 15.0 Å². The number of nitrogens with zero attached hydrogens (tertiary/aromatic N) is 5. The van der Waals surface area contributed by atoms with Gasteiger partial charge in [-0.3, -0.25) is 4.57 Å². The number of hydrogen-bond donors (Lipinski definition) is 0. The van der Waals surface area contributed by atoms with Crippen LogP contribution in [0.3, 0.4) is 0 Å². The van der Waals surface area contributed by atoms with Crippen LogP contribution in [0.1, 0.15) is 0 Å². The first-order valence-corrected chi connectivity index (χ1v) is 18.2. The van der Waals surface area contributed by atoms with Crippen LogP contribution in [0.15, 0.2) is 188 Å². The van der Waals surface area contributed by atoms with E-state index in [2.05, 4.69) is 173 Å². The number of rotatable bonds is 5. The van der Waals surface area contributed by atoms with Gasteiger partial charge in [0.05, 0.1) is 27.8 Å². The van der Waals surface area contributed by atoms with Gasteiger partial charge in [0.1, 0.15) is 0 Å². The van der Waals surface area contributed by atoms with E-state index in [0.717, 1.165) is 49.7 Å². The van der Waals surface area contributed by atoms with E-state index in [-0.39, 0.29) is 0 Å². The highest BCUT2D eigenvalue weighted by molar-refractivity contribution is 6.19. The van der Waals surface area contributed by atoms with Crippen LogP contribution in [0, 0.1) is 0 Å². The Balaban J connectivity index is 1.20. The third-order valence-corrected chi connectivity index (χ3v) is 10.6. The Kier molecular flexibility index (Phi) is 6.79. The molecule has 0 aliphatic carbocycles. The molecule has 0 aliphatic rings. The molecule has 11 rings (SSSR count). The zero-order valence-corrected chi connectivity index (χ0v) is 29.1. The molecule has 0 N–H and O–H groups in total. The highest BCUT2D eigenvalue weighted by atomic mass is 15.2. The van der Waals surface area contributed by atoms with Crippen LogP contribution in [0.2, 0.25) is 0 Å². The van der Waals surface area contributed by atoms with Crippen LogP contribution in [0.5, 0.6) is 0 Å². The number of hydrogen-bond acceptors (Lipinski definition) is 3. The van der Waals surface area contributed by atoms with Gasteiger partial charge in [-0.25, -0.2) is 4.98 Å². The van der Waals surface area contributed by atoms with Crippen LogP contribution in [0.25, 0.3) is 99.9 Å². The maximum absolute atomic E-state index is 5.25. The first-order valence-electron chi connectivity index (χ1n) is 18.2. The van der Waals surface area contributed by atoms with Crippen molar-refractivity contribution in [1.82, 2.24) is 24.1 Å². The molecule has 5 heteroatoms. The number of para-hydroxylation sites is 2. The average molecular weight is 690 g/mol. The first kappa shape index (κ1) is 30.3. The lowest BCUT2D eigenvalue weighted by molar-refractivity contribution is 0.953.